The van der Waals surface area contributed by atoms with E-state index in [2.05, 4.69) is 9.62 Å². The average Bonchev–Trinajstić information content (AvgIpc) is 3.37. The lowest BCUT2D eigenvalue weighted by Gasteiger charge is -2.17. The van der Waals surface area contributed by atoms with Crippen molar-refractivity contribution in [1.29, 1.82) is 0 Å². The highest BCUT2D eigenvalue weighted by Gasteiger charge is 2.63. The molecule has 0 aromatic heterocycles. The Morgan fingerprint density at radius 1 is 1.03 bits per heavy atom. The first-order valence-corrected chi connectivity index (χ1v) is 14.2. The number of aliphatic carboxylic acids is 1. The number of halogens is 1. The zero-order chi connectivity index (χ0) is 26.0. The number of likely N-dealkylation sites (tertiary alicyclic amines) is 1. The Morgan fingerprint density at radius 2 is 1.68 bits per heavy atom. The molecule has 7 nitrogen and oxygen atoms in total. The molecule has 0 amide bonds. The Kier molecular flexibility index (Phi) is 7.27. The van der Waals surface area contributed by atoms with Crippen LogP contribution in [-0.2, 0) is 14.8 Å². The summed E-state index contributed by atoms with van der Waals surface area (Å²) in [4.78, 5) is 14.6. The molecular formula is C28H29ClN2O5S. The summed E-state index contributed by atoms with van der Waals surface area (Å²) in [6.07, 6.45) is 2.61. The molecule has 0 bridgehead atoms. The van der Waals surface area contributed by atoms with Gasteiger partial charge in [0.05, 0.1) is 4.90 Å². The summed E-state index contributed by atoms with van der Waals surface area (Å²) < 4.78 is 34.7. The second-order valence-corrected chi connectivity index (χ2v) is 11.8. The van der Waals surface area contributed by atoms with Gasteiger partial charge in [-0.2, -0.15) is 4.72 Å². The summed E-state index contributed by atoms with van der Waals surface area (Å²) in [5, 5.41) is 10.6. The molecular weight excluding hydrogens is 512 g/mol. The number of carboxylic acids is 1. The SMILES string of the molecule is O=C(O)C1(NS(=O)(=O)c2ccc(-c3ccc(Cl)cc3)cc2)C[C@H]1c1cccc(OCCN2CCCC2)c1. The highest BCUT2D eigenvalue weighted by molar-refractivity contribution is 7.89. The molecule has 1 aliphatic carbocycles. The fourth-order valence-electron chi connectivity index (χ4n) is 4.95. The molecule has 0 spiro atoms. The maximum Gasteiger partial charge on any atom is 0.325 e. The van der Waals surface area contributed by atoms with Gasteiger partial charge in [-0.3, -0.25) is 9.69 Å². The predicted molar refractivity (Wildman–Crippen MR) is 143 cm³/mol. The molecule has 3 aromatic carbocycles. The summed E-state index contributed by atoms with van der Waals surface area (Å²) in [5.74, 6) is -1.03. The number of carbonyl (C=O) groups is 1. The standard InChI is InChI=1S/C28H29ClN2O5S/c29-23-10-6-20(7-11-23)21-8-12-25(13-9-21)37(34,35)30-28(27(32)33)19-26(28)22-4-3-5-24(18-22)36-17-16-31-14-1-2-15-31/h3-13,18,26,30H,1-2,14-17,19H2,(H,32,33)/t26-,28?/m0/s1. The molecule has 1 heterocycles. The summed E-state index contributed by atoms with van der Waals surface area (Å²) in [5.41, 5.74) is 0.867. The second-order valence-electron chi connectivity index (χ2n) is 9.64. The van der Waals surface area contributed by atoms with E-state index in [1.165, 1.54) is 25.0 Å². The Balaban J connectivity index is 1.28. The van der Waals surface area contributed by atoms with Crippen molar-refractivity contribution >= 4 is 27.6 Å². The van der Waals surface area contributed by atoms with Crippen LogP contribution in [0.2, 0.25) is 5.02 Å². The molecule has 5 rings (SSSR count). The molecule has 194 valence electrons. The third kappa shape index (κ3) is 5.67. The number of benzene rings is 3. The van der Waals surface area contributed by atoms with Crippen molar-refractivity contribution in [2.45, 2.75) is 35.6 Å². The van der Waals surface area contributed by atoms with E-state index < -0.39 is 27.4 Å². The molecule has 1 saturated heterocycles. The molecule has 1 unspecified atom stereocenters. The third-order valence-corrected chi connectivity index (χ3v) is 8.91. The van der Waals surface area contributed by atoms with Crippen molar-refractivity contribution in [1.82, 2.24) is 9.62 Å². The van der Waals surface area contributed by atoms with Gasteiger partial charge in [-0.25, -0.2) is 8.42 Å². The molecule has 37 heavy (non-hydrogen) atoms. The van der Waals surface area contributed by atoms with Crippen LogP contribution in [0.1, 0.15) is 30.7 Å². The van der Waals surface area contributed by atoms with Crippen LogP contribution in [-0.4, -0.2) is 56.2 Å². The number of hydrogen-bond donors (Lipinski definition) is 2. The van der Waals surface area contributed by atoms with Crippen molar-refractivity contribution in [2.24, 2.45) is 0 Å². The Bertz CT molecular complexity index is 1370. The van der Waals surface area contributed by atoms with E-state index in [9.17, 15) is 18.3 Å². The Labute approximate surface area is 222 Å². The molecule has 2 aliphatic rings. The van der Waals surface area contributed by atoms with Crippen molar-refractivity contribution in [3.8, 4) is 16.9 Å². The minimum Gasteiger partial charge on any atom is -0.492 e. The van der Waals surface area contributed by atoms with Crippen LogP contribution < -0.4 is 9.46 Å². The second kappa shape index (κ2) is 10.5. The number of nitrogens with one attached hydrogen (secondary N) is 1. The lowest BCUT2D eigenvalue weighted by molar-refractivity contribution is -0.140. The smallest absolute Gasteiger partial charge is 0.325 e. The Morgan fingerprint density at radius 3 is 2.32 bits per heavy atom. The molecule has 2 N–H and O–H groups in total. The van der Waals surface area contributed by atoms with E-state index in [4.69, 9.17) is 16.3 Å². The van der Waals surface area contributed by atoms with Gasteiger partial charge in [0.15, 0.2) is 0 Å². The summed E-state index contributed by atoms with van der Waals surface area (Å²) in [7, 11) is -4.07. The normalized spacial score (nSPS) is 21.6. The first-order chi connectivity index (χ1) is 17.8. The fourth-order valence-corrected chi connectivity index (χ4v) is 6.48. The minimum absolute atomic E-state index is 0.00971. The van der Waals surface area contributed by atoms with Crippen LogP contribution in [0, 0.1) is 0 Å². The molecule has 2 atom stereocenters. The highest BCUT2D eigenvalue weighted by atomic mass is 35.5. The van der Waals surface area contributed by atoms with Crippen LogP contribution in [0.5, 0.6) is 5.75 Å². The maximum absolute atomic E-state index is 13.2. The summed E-state index contributed by atoms with van der Waals surface area (Å²) in [6.45, 7) is 3.59. The molecule has 0 radical (unpaired) electrons. The molecule has 1 aliphatic heterocycles. The zero-order valence-electron chi connectivity index (χ0n) is 20.3. The van der Waals surface area contributed by atoms with Crippen molar-refractivity contribution in [2.75, 3.05) is 26.2 Å². The van der Waals surface area contributed by atoms with E-state index in [0.29, 0.717) is 17.4 Å². The number of sulfonamides is 1. The Hall–Kier alpha value is -2.91. The van der Waals surface area contributed by atoms with Crippen LogP contribution in [0.4, 0.5) is 0 Å². The number of carboxylic acid groups (broad SMARTS) is 1. The van der Waals surface area contributed by atoms with Crippen molar-refractivity contribution in [3.63, 3.8) is 0 Å². The lowest BCUT2D eigenvalue weighted by atomic mass is 10.1. The van der Waals surface area contributed by atoms with Gasteiger partial charge in [-0.05, 0) is 85.4 Å². The predicted octanol–water partition coefficient (Wildman–Crippen LogP) is 4.77. The van der Waals surface area contributed by atoms with E-state index >= 15 is 0 Å². The number of ether oxygens (including phenoxy) is 1. The van der Waals surface area contributed by atoms with Gasteiger partial charge >= 0.3 is 5.97 Å². The summed E-state index contributed by atoms with van der Waals surface area (Å²) in [6, 6.07) is 20.9. The first kappa shape index (κ1) is 25.7. The van der Waals surface area contributed by atoms with Crippen molar-refractivity contribution in [3.05, 3.63) is 83.4 Å². The topological polar surface area (TPSA) is 95.9 Å². The van der Waals surface area contributed by atoms with Crippen molar-refractivity contribution < 1.29 is 23.1 Å². The van der Waals surface area contributed by atoms with Gasteiger partial charge in [0.25, 0.3) is 0 Å². The van der Waals surface area contributed by atoms with E-state index in [1.807, 2.05) is 36.4 Å². The molecule has 9 heteroatoms. The van der Waals surface area contributed by atoms with Crippen LogP contribution in [0.25, 0.3) is 11.1 Å². The molecule has 2 fully saturated rings. The van der Waals surface area contributed by atoms with Crippen LogP contribution in [0.3, 0.4) is 0 Å². The van der Waals surface area contributed by atoms with E-state index in [1.54, 1.807) is 24.3 Å². The molecule has 3 aromatic rings. The highest BCUT2D eigenvalue weighted by Crippen LogP contribution is 2.53. The average molecular weight is 541 g/mol. The third-order valence-electron chi connectivity index (χ3n) is 7.14. The van der Waals surface area contributed by atoms with Gasteiger partial charge < -0.3 is 9.84 Å². The van der Waals surface area contributed by atoms with Crippen LogP contribution in [0.15, 0.2) is 77.7 Å². The lowest BCUT2D eigenvalue weighted by Crippen LogP contribution is -2.44. The van der Waals surface area contributed by atoms with E-state index in [-0.39, 0.29) is 11.3 Å². The van der Waals surface area contributed by atoms with Crippen LogP contribution >= 0.6 is 11.6 Å². The quantitative estimate of drug-likeness (QED) is 0.384. The number of rotatable bonds is 10. The maximum atomic E-state index is 13.2. The fraction of sp³-hybridized carbons (Fsp3) is 0.321. The van der Waals surface area contributed by atoms with Gasteiger partial charge in [-0.1, -0.05) is 48.0 Å². The minimum atomic E-state index is -4.07. The largest absolute Gasteiger partial charge is 0.492 e. The number of hydrogen-bond acceptors (Lipinski definition) is 5. The van der Waals surface area contributed by atoms with Gasteiger partial charge in [0.2, 0.25) is 10.0 Å². The van der Waals surface area contributed by atoms with Gasteiger partial charge in [0.1, 0.15) is 17.9 Å². The monoisotopic (exact) mass is 540 g/mol. The summed E-state index contributed by atoms with van der Waals surface area (Å²) >= 11 is 5.94. The molecule has 1 saturated carbocycles. The van der Waals surface area contributed by atoms with Gasteiger partial charge in [-0.15, -0.1) is 0 Å². The first-order valence-electron chi connectivity index (χ1n) is 12.4. The van der Waals surface area contributed by atoms with E-state index in [0.717, 1.165) is 36.3 Å². The number of nitrogens with zero attached hydrogens (tertiary/aromatic N) is 1. The van der Waals surface area contributed by atoms with Gasteiger partial charge in [0, 0.05) is 17.5 Å². The zero-order valence-corrected chi connectivity index (χ0v) is 21.8.